The van der Waals surface area contributed by atoms with E-state index in [1.165, 1.54) is 49.8 Å². The second-order valence-electron chi connectivity index (χ2n) is 8.55. The van der Waals surface area contributed by atoms with Gasteiger partial charge in [-0.25, -0.2) is 0 Å². The van der Waals surface area contributed by atoms with Crippen molar-refractivity contribution in [1.29, 1.82) is 0 Å². The van der Waals surface area contributed by atoms with Crippen LogP contribution in [0.3, 0.4) is 0 Å². The van der Waals surface area contributed by atoms with Crippen LogP contribution >= 0.6 is 0 Å². The van der Waals surface area contributed by atoms with Gasteiger partial charge in [0.15, 0.2) is 0 Å². The van der Waals surface area contributed by atoms with E-state index in [0.717, 1.165) is 24.2 Å². The molecule has 5 aliphatic rings. The van der Waals surface area contributed by atoms with E-state index in [9.17, 15) is 4.79 Å². The number of hydrogen-bond acceptors (Lipinski definition) is 1. The second-order valence-corrected chi connectivity index (χ2v) is 8.55. The van der Waals surface area contributed by atoms with Gasteiger partial charge in [0, 0.05) is 11.7 Å². The first-order chi connectivity index (χ1) is 10.6. The van der Waals surface area contributed by atoms with E-state index >= 15 is 0 Å². The molecule has 4 bridgehead atoms. The molecule has 1 amide bonds. The van der Waals surface area contributed by atoms with Crippen molar-refractivity contribution in [2.45, 2.75) is 57.9 Å². The summed E-state index contributed by atoms with van der Waals surface area (Å²) in [7, 11) is 0. The van der Waals surface area contributed by atoms with Crippen LogP contribution in [0.1, 0.15) is 51.0 Å². The van der Waals surface area contributed by atoms with Crippen LogP contribution in [-0.2, 0) is 11.2 Å². The predicted octanol–water partition coefficient (Wildman–Crippen LogP) is 4.18. The Morgan fingerprint density at radius 1 is 1.05 bits per heavy atom. The van der Waals surface area contributed by atoms with Crippen LogP contribution in [0.2, 0.25) is 0 Å². The Morgan fingerprint density at radius 3 is 2.27 bits per heavy atom. The average Bonchev–Trinajstić information content (AvgIpc) is 2.80. The molecule has 0 spiro atoms. The summed E-state index contributed by atoms with van der Waals surface area (Å²) in [5, 5.41) is 0. The number of amides is 1. The van der Waals surface area contributed by atoms with Gasteiger partial charge in [-0.2, -0.15) is 0 Å². The maximum atomic E-state index is 13.6. The van der Waals surface area contributed by atoms with Crippen LogP contribution in [0, 0.1) is 23.2 Å². The first-order valence-corrected chi connectivity index (χ1v) is 9.06. The Hall–Kier alpha value is -1.31. The Kier molecular flexibility index (Phi) is 2.61. The average molecular weight is 295 g/mol. The molecule has 2 nitrogen and oxygen atoms in total. The minimum absolute atomic E-state index is 0.0134. The monoisotopic (exact) mass is 295 g/mol. The van der Waals surface area contributed by atoms with Gasteiger partial charge in [0.25, 0.3) is 0 Å². The molecule has 1 aromatic rings. The van der Waals surface area contributed by atoms with Crippen molar-refractivity contribution in [3.63, 3.8) is 0 Å². The van der Waals surface area contributed by atoms with Gasteiger partial charge in [0.05, 0.1) is 5.41 Å². The van der Waals surface area contributed by atoms with Crippen molar-refractivity contribution in [2.75, 3.05) is 4.90 Å². The lowest BCUT2D eigenvalue weighted by atomic mass is 9.49. The fourth-order valence-electron chi connectivity index (χ4n) is 6.50. The summed E-state index contributed by atoms with van der Waals surface area (Å²) in [5.74, 6) is 2.97. The van der Waals surface area contributed by atoms with Gasteiger partial charge < -0.3 is 4.90 Å². The largest absolute Gasteiger partial charge is 0.309 e. The summed E-state index contributed by atoms with van der Waals surface area (Å²) in [4.78, 5) is 15.8. The lowest BCUT2D eigenvalue weighted by Crippen LogP contribution is -2.55. The van der Waals surface area contributed by atoms with E-state index in [0.29, 0.717) is 11.9 Å². The van der Waals surface area contributed by atoms with Crippen molar-refractivity contribution in [1.82, 2.24) is 0 Å². The van der Waals surface area contributed by atoms with Crippen LogP contribution < -0.4 is 4.90 Å². The molecule has 4 aliphatic carbocycles. The van der Waals surface area contributed by atoms with E-state index in [4.69, 9.17) is 0 Å². The van der Waals surface area contributed by atoms with E-state index in [2.05, 4.69) is 36.1 Å². The highest BCUT2D eigenvalue weighted by atomic mass is 16.2. The number of benzene rings is 1. The molecule has 22 heavy (non-hydrogen) atoms. The fraction of sp³-hybridized carbons (Fsp3) is 0.650. The topological polar surface area (TPSA) is 20.3 Å². The van der Waals surface area contributed by atoms with Crippen molar-refractivity contribution < 1.29 is 4.79 Å². The molecule has 0 N–H and O–H groups in total. The summed E-state index contributed by atoms with van der Waals surface area (Å²) in [6.45, 7) is 2.22. The first-order valence-electron chi connectivity index (χ1n) is 9.06. The first kappa shape index (κ1) is 13.2. The molecule has 1 aromatic carbocycles. The number of carbonyl (C=O) groups excluding carboxylic acids is 1. The fourth-order valence-corrected chi connectivity index (χ4v) is 6.50. The minimum Gasteiger partial charge on any atom is -0.309 e. The molecule has 4 fully saturated rings. The van der Waals surface area contributed by atoms with Gasteiger partial charge in [0.1, 0.15) is 0 Å². The van der Waals surface area contributed by atoms with Crippen molar-refractivity contribution in [2.24, 2.45) is 23.2 Å². The third kappa shape index (κ3) is 1.70. The van der Waals surface area contributed by atoms with E-state index in [-0.39, 0.29) is 5.41 Å². The SMILES string of the molecule is C[C@@H]1Cc2ccccc2N1C(=O)C12CC3CC(CC(C3)C1)C2. The van der Waals surface area contributed by atoms with Crippen LogP contribution in [0.25, 0.3) is 0 Å². The molecule has 4 saturated carbocycles. The second kappa shape index (κ2) is 4.37. The normalized spacial score (nSPS) is 41.8. The van der Waals surface area contributed by atoms with Gasteiger partial charge in [-0.15, -0.1) is 0 Å². The Morgan fingerprint density at radius 2 is 1.64 bits per heavy atom. The molecule has 0 unspecified atom stereocenters. The summed E-state index contributed by atoms with van der Waals surface area (Å²) in [6.07, 6.45) is 8.74. The number of anilines is 1. The molecule has 1 heterocycles. The third-order valence-electron chi connectivity index (χ3n) is 6.92. The molecule has 1 atom stereocenters. The maximum absolute atomic E-state index is 13.6. The number of nitrogens with zero attached hydrogens (tertiary/aromatic N) is 1. The lowest BCUT2D eigenvalue weighted by molar-refractivity contribution is -0.143. The van der Waals surface area contributed by atoms with E-state index < -0.39 is 0 Å². The van der Waals surface area contributed by atoms with Gasteiger partial charge in [-0.3, -0.25) is 4.79 Å². The van der Waals surface area contributed by atoms with Gasteiger partial charge in [-0.05, 0) is 81.3 Å². The molecule has 116 valence electrons. The van der Waals surface area contributed by atoms with Gasteiger partial charge in [0.2, 0.25) is 5.91 Å². The standard InChI is InChI=1S/C20H25NO/c1-13-6-17-4-2-3-5-18(17)21(13)19(22)20-10-14-7-15(11-20)9-16(8-14)12-20/h2-5,13-16H,6-12H2,1H3/t13-,14?,15?,16?,20?/m1/s1. The van der Waals surface area contributed by atoms with Crippen LogP contribution in [0.4, 0.5) is 5.69 Å². The molecular formula is C20H25NO. The zero-order valence-corrected chi connectivity index (χ0v) is 13.4. The Bertz CT molecular complexity index is 599. The minimum atomic E-state index is -0.0134. The van der Waals surface area contributed by atoms with Crippen LogP contribution in [0.15, 0.2) is 24.3 Å². The van der Waals surface area contributed by atoms with Gasteiger partial charge >= 0.3 is 0 Å². The highest BCUT2D eigenvalue weighted by molar-refractivity contribution is 6.00. The maximum Gasteiger partial charge on any atom is 0.233 e. The van der Waals surface area contributed by atoms with E-state index in [1.807, 2.05) is 0 Å². The number of para-hydroxylation sites is 1. The summed E-state index contributed by atoms with van der Waals surface area (Å²) in [5.41, 5.74) is 2.53. The Labute approximate surface area is 132 Å². The molecule has 2 heteroatoms. The number of rotatable bonds is 1. The number of carbonyl (C=O) groups is 1. The number of fused-ring (bicyclic) bond motifs is 1. The quantitative estimate of drug-likeness (QED) is 0.761. The van der Waals surface area contributed by atoms with Crippen LogP contribution in [0.5, 0.6) is 0 Å². The summed E-state index contributed by atoms with van der Waals surface area (Å²) >= 11 is 0. The zero-order chi connectivity index (χ0) is 14.9. The molecular weight excluding hydrogens is 270 g/mol. The highest BCUT2D eigenvalue weighted by Gasteiger charge is 2.56. The highest BCUT2D eigenvalue weighted by Crippen LogP contribution is 2.61. The zero-order valence-electron chi connectivity index (χ0n) is 13.4. The van der Waals surface area contributed by atoms with Crippen molar-refractivity contribution in [3.05, 3.63) is 29.8 Å². The van der Waals surface area contributed by atoms with Crippen molar-refractivity contribution >= 4 is 11.6 Å². The van der Waals surface area contributed by atoms with Crippen LogP contribution in [-0.4, -0.2) is 11.9 Å². The lowest BCUT2D eigenvalue weighted by Gasteiger charge is -2.56. The molecule has 0 radical (unpaired) electrons. The summed E-state index contributed by atoms with van der Waals surface area (Å²) < 4.78 is 0. The Balaban J connectivity index is 1.52. The molecule has 0 aromatic heterocycles. The molecule has 0 saturated heterocycles. The smallest absolute Gasteiger partial charge is 0.233 e. The third-order valence-corrected chi connectivity index (χ3v) is 6.92. The molecule has 6 rings (SSSR count). The van der Waals surface area contributed by atoms with Crippen molar-refractivity contribution in [3.8, 4) is 0 Å². The predicted molar refractivity (Wildman–Crippen MR) is 87.7 cm³/mol. The summed E-state index contributed by atoms with van der Waals surface area (Å²) in [6, 6.07) is 8.86. The van der Waals surface area contributed by atoms with E-state index in [1.54, 1.807) is 0 Å². The number of hydrogen-bond donors (Lipinski definition) is 0. The van der Waals surface area contributed by atoms with Gasteiger partial charge in [-0.1, -0.05) is 18.2 Å². The molecule has 1 aliphatic heterocycles.